The van der Waals surface area contributed by atoms with Crippen LogP contribution in [0.4, 0.5) is 15.9 Å². The van der Waals surface area contributed by atoms with Crippen molar-refractivity contribution in [2.75, 3.05) is 31.6 Å². The molecule has 1 aromatic heterocycles. The molecule has 196 valence electrons. The lowest BCUT2D eigenvalue weighted by Crippen LogP contribution is -2.55. The van der Waals surface area contributed by atoms with Gasteiger partial charge in [0.25, 0.3) is 0 Å². The number of fused-ring (bicyclic) bond motifs is 1. The number of benzene rings is 2. The van der Waals surface area contributed by atoms with Gasteiger partial charge in [-0.2, -0.15) is 0 Å². The maximum atomic E-state index is 13.6. The van der Waals surface area contributed by atoms with E-state index in [1.165, 1.54) is 18.5 Å². The Morgan fingerprint density at radius 1 is 1.22 bits per heavy atom. The molecule has 0 radical (unpaired) electrons. The summed E-state index contributed by atoms with van der Waals surface area (Å²) in [6, 6.07) is 8.15. The number of nitrogens with zero attached hydrogens (tertiary/aromatic N) is 3. The highest BCUT2D eigenvalue weighted by Crippen LogP contribution is 2.38. The van der Waals surface area contributed by atoms with Gasteiger partial charge in [-0.3, -0.25) is 9.69 Å². The standard InChI is InChI=1S/C27H30ClFN4O4/c1-27(2)15-36-25(34)14-33(27)9-4-10-35-23-12-19-22(13-24(23)37-18-5-3-6-18)30-16-31-26(19)32-17-7-8-21(29)20(28)11-17/h7-8,11-13,16,18H,3-6,9-10,14-15H2,1-2H3,(H,30,31,32). The predicted molar refractivity (Wildman–Crippen MR) is 139 cm³/mol. The summed E-state index contributed by atoms with van der Waals surface area (Å²) in [7, 11) is 0. The van der Waals surface area contributed by atoms with E-state index in [1.54, 1.807) is 6.07 Å². The van der Waals surface area contributed by atoms with Crippen molar-refractivity contribution in [1.29, 1.82) is 0 Å². The Hall–Kier alpha value is -3.17. The van der Waals surface area contributed by atoms with E-state index in [4.69, 9.17) is 25.8 Å². The van der Waals surface area contributed by atoms with E-state index >= 15 is 0 Å². The number of rotatable bonds is 9. The number of hydrogen-bond acceptors (Lipinski definition) is 8. The van der Waals surface area contributed by atoms with Gasteiger partial charge in [0.1, 0.15) is 24.6 Å². The van der Waals surface area contributed by atoms with Crippen molar-refractivity contribution >= 4 is 40.0 Å². The van der Waals surface area contributed by atoms with Crippen molar-refractivity contribution in [3.05, 3.63) is 47.5 Å². The third kappa shape index (κ3) is 5.88. The van der Waals surface area contributed by atoms with Gasteiger partial charge in [0, 0.05) is 23.7 Å². The zero-order chi connectivity index (χ0) is 26.0. The van der Waals surface area contributed by atoms with Crippen molar-refractivity contribution in [1.82, 2.24) is 14.9 Å². The summed E-state index contributed by atoms with van der Waals surface area (Å²) in [6.45, 7) is 5.94. The molecule has 1 saturated carbocycles. The molecule has 1 aliphatic heterocycles. The van der Waals surface area contributed by atoms with Crippen LogP contribution < -0.4 is 14.8 Å². The number of aromatic nitrogens is 2. The zero-order valence-electron chi connectivity index (χ0n) is 20.9. The molecule has 0 unspecified atom stereocenters. The summed E-state index contributed by atoms with van der Waals surface area (Å²) >= 11 is 5.95. The topological polar surface area (TPSA) is 85.8 Å². The fraction of sp³-hybridized carbons (Fsp3) is 0.444. The molecule has 0 atom stereocenters. The quantitative estimate of drug-likeness (QED) is 0.288. The van der Waals surface area contributed by atoms with E-state index in [0.717, 1.165) is 31.1 Å². The minimum Gasteiger partial charge on any atom is -0.490 e. The zero-order valence-corrected chi connectivity index (χ0v) is 21.7. The number of esters is 1. The third-order valence-electron chi connectivity index (χ3n) is 6.82. The van der Waals surface area contributed by atoms with Crippen LogP contribution in [0.15, 0.2) is 36.7 Å². The Kier molecular flexibility index (Phi) is 7.35. The molecule has 2 fully saturated rings. The van der Waals surface area contributed by atoms with Crippen LogP contribution >= 0.6 is 11.6 Å². The van der Waals surface area contributed by atoms with Crippen LogP contribution in [0.5, 0.6) is 11.5 Å². The van der Waals surface area contributed by atoms with Gasteiger partial charge >= 0.3 is 5.97 Å². The number of hydrogen-bond donors (Lipinski definition) is 1. The minimum atomic E-state index is -0.488. The lowest BCUT2D eigenvalue weighted by molar-refractivity contribution is -0.160. The molecule has 0 spiro atoms. The summed E-state index contributed by atoms with van der Waals surface area (Å²) in [5, 5.41) is 3.96. The Balaban J connectivity index is 1.35. The maximum Gasteiger partial charge on any atom is 0.320 e. The smallest absolute Gasteiger partial charge is 0.320 e. The van der Waals surface area contributed by atoms with Crippen molar-refractivity contribution in [3.63, 3.8) is 0 Å². The molecule has 1 N–H and O–H groups in total. The van der Waals surface area contributed by atoms with Crippen LogP contribution in [0, 0.1) is 5.82 Å². The molecule has 2 heterocycles. The molecule has 0 bridgehead atoms. The first kappa shape index (κ1) is 25.5. The van der Waals surface area contributed by atoms with E-state index in [-0.39, 0.29) is 29.2 Å². The van der Waals surface area contributed by atoms with Crippen molar-refractivity contribution in [2.24, 2.45) is 0 Å². The predicted octanol–water partition coefficient (Wildman–Crippen LogP) is 5.50. The van der Waals surface area contributed by atoms with E-state index in [2.05, 4.69) is 34.0 Å². The van der Waals surface area contributed by atoms with Gasteiger partial charge in [-0.15, -0.1) is 0 Å². The summed E-state index contributed by atoms with van der Waals surface area (Å²) < 4.78 is 31.3. The first-order valence-electron chi connectivity index (χ1n) is 12.5. The summed E-state index contributed by atoms with van der Waals surface area (Å²) in [4.78, 5) is 22.7. The van der Waals surface area contributed by atoms with Crippen LogP contribution in [0.25, 0.3) is 10.9 Å². The highest BCUT2D eigenvalue weighted by Gasteiger charge is 2.34. The summed E-state index contributed by atoms with van der Waals surface area (Å²) in [5.41, 5.74) is 1.09. The van der Waals surface area contributed by atoms with Gasteiger partial charge in [-0.05, 0) is 63.8 Å². The number of cyclic esters (lactones) is 1. The van der Waals surface area contributed by atoms with Crippen LogP contribution in [0.1, 0.15) is 39.5 Å². The summed E-state index contributed by atoms with van der Waals surface area (Å²) in [5.74, 6) is 1.10. The molecule has 37 heavy (non-hydrogen) atoms. The van der Waals surface area contributed by atoms with Gasteiger partial charge in [-0.1, -0.05) is 11.6 Å². The Bertz CT molecular complexity index is 1300. The van der Waals surface area contributed by atoms with Crippen LogP contribution in [0.2, 0.25) is 5.02 Å². The Labute approximate surface area is 220 Å². The van der Waals surface area contributed by atoms with Gasteiger partial charge in [0.15, 0.2) is 11.5 Å². The van der Waals surface area contributed by atoms with Crippen molar-refractivity contribution < 1.29 is 23.4 Å². The second-order valence-corrected chi connectivity index (χ2v) is 10.5. The molecule has 10 heteroatoms. The third-order valence-corrected chi connectivity index (χ3v) is 7.11. The fourth-order valence-corrected chi connectivity index (χ4v) is 4.51. The van der Waals surface area contributed by atoms with Crippen LogP contribution in [0.3, 0.4) is 0 Å². The normalized spacial score (nSPS) is 17.8. The lowest BCUT2D eigenvalue weighted by atomic mass is 9.96. The van der Waals surface area contributed by atoms with Gasteiger partial charge in [0.05, 0.1) is 35.3 Å². The molecular weight excluding hydrogens is 499 g/mol. The second kappa shape index (κ2) is 10.7. The van der Waals surface area contributed by atoms with Crippen LogP contribution in [-0.4, -0.2) is 58.8 Å². The van der Waals surface area contributed by atoms with Gasteiger partial charge in [0.2, 0.25) is 0 Å². The Morgan fingerprint density at radius 3 is 2.81 bits per heavy atom. The molecule has 2 aromatic carbocycles. The Morgan fingerprint density at radius 2 is 2.05 bits per heavy atom. The summed E-state index contributed by atoms with van der Waals surface area (Å²) in [6.07, 6.45) is 5.54. The fourth-order valence-electron chi connectivity index (χ4n) is 4.33. The average molecular weight is 529 g/mol. The number of carbonyl (C=O) groups is 1. The van der Waals surface area contributed by atoms with Crippen molar-refractivity contribution in [2.45, 2.75) is 51.2 Å². The van der Waals surface area contributed by atoms with E-state index in [1.807, 2.05) is 12.1 Å². The number of carbonyl (C=O) groups excluding carboxylic acids is 1. The first-order chi connectivity index (χ1) is 17.8. The van der Waals surface area contributed by atoms with E-state index < -0.39 is 5.82 Å². The molecule has 8 nitrogen and oxygen atoms in total. The highest BCUT2D eigenvalue weighted by molar-refractivity contribution is 6.31. The molecule has 1 aliphatic carbocycles. The molecule has 0 amide bonds. The SMILES string of the molecule is CC1(C)COC(=O)CN1CCCOc1cc2c(Nc3ccc(F)c(Cl)c3)ncnc2cc1OC1CCC1. The van der Waals surface area contributed by atoms with E-state index in [0.29, 0.717) is 48.3 Å². The molecular formula is C27H30ClFN4O4. The largest absolute Gasteiger partial charge is 0.490 e. The number of nitrogens with one attached hydrogen (secondary N) is 1. The van der Waals surface area contributed by atoms with Crippen molar-refractivity contribution in [3.8, 4) is 11.5 Å². The molecule has 5 rings (SSSR count). The minimum absolute atomic E-state index is 0.0220. The van der Waals surface area contributed by atoms with Gasteiger partial charge < -0.3 is 19.5 Å². The second-order valence-electron chi connectivity index (χ2n) is 10.1. The molecule has 3 aromatic rings. The average Bonchev–Trinajstić information content (AvgIpc) is 2.84. The number of halogens is 2. The monoisotopic (exact) mass is 528 g/mol. The first-order valence-corrected chi connectivity index (χ1v) is 12.9. The number of ether oxygens (including phenoxy) is 3. The molecule has 2 aliphatic rings. The lowest BCUT2D eigenvalue weighted by Gasteiger charge is -2.41. The number of anilines is 2. The van der Waals surface area contributed by atoms with Gasteiger partial charge in [-0.25, -0.2) is 14.4 Å². The van der Waals surface area contributed by atoms with Crippen LogP contribution in [-0.2, 0) is 9.53 Å². The highest BCUT2D eigenvalue weighted by atomic mass is 35.5. The van der Waals surface area contributed by atoms with E-state index in [9.17, 15) is 9.18 Å². The molecule has 1 saturated heterocycles. The maximum absolute atomic E-state index is 13.6. The number of morpholine rings is 1.